The average Bonchev–Trinajstić information content (AvgIpc) is 2.38. The molecule has 4 nitrogen and oxygen atoms in total. The number of alkyl halides is 3. The summed E-state index contributed by atoms with van der Waals surface area (Å²) in [7, 11) is 1.69. The van der Waals surface area contributed by atoms with Crippen LogP contribution in [0, 0.1) is 5.82 Å². The molecule has 0 bridgehead atoms. The maximum absolute atomic E-state index is 14.0. The summed E-state index contributed by atoms with van der Waals surface area (Å²) in [6.07, 6.45) is -5.10. The molecule has 0 aliphatic carbocycles. The number of rotatable bonds is 2. The lowest BCUT2D eigenvalue weighted by Crippen LogP contribution is -2.63. The molecule has 1 aliphatic rings. The fourth-order valence-corrected chi connectivity index (χ4v) is 2.56. The molecule has 2 rings (SSSR count). The number of anilines is 1. The van der Waals surface area contributed by atoms with Crippen LogP contribution >= 0.6 is 0 Å². The summed E-state index contributed by atoms with van der Waals surface area (Å²) < 4.78 is 56.2. The van der Waals surface area contributed by atoms with Gasteiger partial charge in [0.05, 0.1) is 12.2 Å². The topological polar surface area (TPSA) is 32.8 Å². The molecule has 1 atom stereocenters. The van der Waals surface area contributed by atoms with Gasteiger partial charge in [0, 0.05) is 13.1 Å². The Kier molecular flexibility index (Phi) is 4.32. The Morgan fingerprint density at radius 1 is 1.27 bits per heavy atom. The van der Waals surface area contributed by atoms with E-state index < -0.39 is 23.7 Å². The lowest BCUT2D eigenvalue weighted by molar-refractivity contribution is -0.215. The molecular weight excluding hydrogens is 304 g/mol. The molecule has 1 saturated heterocycles. The van der Waals surface area contributed by atoms with Gasteiger partial charge >= 0.3 is 12.1 Å². The molecular formula is C14H16F4N2O2. The van der Waals surface area contributed by atoms with Crippen molar-refractivity contribution in [2.24, 2.45) is 0 Å². The van der Waals surface area contributed by atoms with Gasteiger partial charge in [-0.25, -0.2) is 9.18 Å². The highest BCUT2D eigenvalue weighted by Gasteiger charge is 2.49. The van der Waals surface area contributed by atoms with Crippen LogP contribution in [0.15, 0.2) is 24.3 Å². The summed E-state index contributed by atoms with van der Waals surface area (Å²) in [5, 5.41) is 0. The van der Waals surface area contributed by atoms with Crippen molar-refractivity contribution in [1.82, 2.24) is 4.90 Å². The first-order chi connectivity index (χ1) is 10.1. The lowest BCUT2D eigenvalue weighted by Gasteiger charge is -2.48. The molecule has 0 radical (unpaired) electrons. The van der Waals surface area contributed by atoms with Gasteiger partial charge in [-0.2, -0.15) is 13.2 Å². The molecule has 1 aromatic rings. The number of esters is 1. The zero-order valence-electron chi connectivity index (χ0n) is 12.2. The van der Waals surface area contributed by atoms with E-state index in [1.165, 1.54) is 30.0 Å². The number of halogens is 4. The number of piperazine rings is 1. The number of carbonyl (C=O) groups excluding carboxylic acids is 1. The molecule has 1 aliphatic heterocycles. The van der Waals surface area contributed by atoms with Crippen LogP contribution in [0.2, 0.25) is 0 Å². The van der Waals surface area contributed by atoms with Gasteiger partial charge in [-0.3, -0.25) is 4.90 Å². The molecule has 1 heterocycles. The van der Waals surface area contributed by atoms with Crippen LogP contribution in [0.5, 0.6) is 0 Å². The third-order valence-electron chi connectivity index (χ3n) is 3.53. The van der Waals surface area contributed by atoms with Gasteiger partial charge in [-0.1, -0.05) is 12.1 Å². The summed E-state index contributed by atoms with van der Waals surface area (Å²) in [6.45, 7) is 2.12. The molecule has 1 fully saturated rings. The quantitative estimate of drug-likeness (QED) is 0.619. The Morgan fingerprint density at radius 3 is 2.50 bits per heavy atom. The molecule has 0 amide bonds. The average molecular weight is 320 g/mol. The van der Waals surface area contributed by atoms with E-state index in [1.807, 2.05) is 0 Å². The first-order valence-electron chi connectivity index (χ1n) is 6.64. The van der Waals surface area contributed by atoms with Crippen molar-refractivity contribution in [2.75, 3.05) is 31.6 Å². The van der Waals surface area contributed by atoms with Gasteiger partial charge in [-0.15, -0.1) is 0 Å². The number of ether oxygens (including phenoxy) is 1. The smallest absolute Gasteiger partial charge is 0.431 e. The van der Waals surface area contributed by atoms with E-state index in [0.717, 1.165) is 0 Å². The zero-order chi connectivity index (χ0) is 16.5. The standard InChI is InChI=1S/C14H16F4N2O2/c1-13(22-12(21)14(16,17)18)9-19(2)7-8-20(13)11-6-4-3-5-10(11)15/h3-6H,7-9H2,1-2H3/t13-/m0/s1. The fourth-order valence-electron chi connectivity index (χ4n) is 2.56. The van der Waals surface area contributed by atoms with Gasteiger partial charge < -0.3 is 9.64 Å². The molecule has 8 heteroatoms. The maximum Gasteiger partial charge on any atom is 0.491 e. The number of nitrogens with zero attached hydrogens (tertiary/aromatic N) is 2. The normalized spacial score (nSPS) is 23.5. The Labute approximate surface area is 125 Å². The molecule has 0 spiro atoms. The van der Waals surface area contributed by atoms with Gasteiger partial charge in [-0.05, 0) is 26.1 Å². The second-order valence-electron chi connectivity index (χ2n) is 5.40. The van der Waals surface area contributed by atoms with Crippen molar-refractivity contribution < 1.29 is 27.1 Å². The van der Waals surface area contributed by atoms with Crippen molar-refractivity contribution >= 4 is 11.7 Å². The highest BCUT2D eigenvalue weighted by Crippen LogP contribution is 2.32. The van der Waals surface area contributed by atoms with E-state index in [1.54, 1.807) is 18.0 Å². The van der Waals surface area contributed by atoms with Crippen molar-refractivity contribution in [3.05, 3.63) is 30.1 Å². The molecule has 0 aromatic heterocycles. The summed E-state index contributed by atoms with van der Waals surface area (Å²) in [6, 6.07) is 5.71. The largest absolute Gasteiger partial charge is 0.491 e. The van der Waals surface area contributed by atoms with E-state index in [0.29, 0.717) is 6.54 Å². The molecule has 22 heavy (non-hydrogen) atoms. The molecule has 122 valence electrons. The third kappa shape index (κ3) is 3.32. The SMILES string of the molecule is CN1CCN(c2ccccc2F)[C@@](C)(OC(=O)C(F)(F)F)C1. The van der Waals surface area contributed by atoms with Crippen LogP contribution in [-0.4, -0.2) is 49.5 Å². The number of benzene rings is 1. The monoisotopic (exact) mass is 320 g/mol. The van der Waals surface area contributed by atoms with Crippen LogP contribution < -0.4 is 4.90 Å². The van der Waals surface area contributed by atoms with Crippen LogP contribution in [0.3, 0.4) is 0 Å². The minimum absolute atomic E-state index is 0.0309. The summed E-state index contributed by atoms with van der Waals surface area (Å²) in [4.78, 5) is 14.3. The van der Waals surface area contributed by atoms with Crippen molar-refractivity contribution in [1.29, 1.82) is 0 Å². The van der Waals surface area contributed by atoms with Crippen LogP contribution in [-0.2, 0) is 9.53 Å². The number of carbonyl (C=O) groups is 1. The first kappa shape index (κ1) is 16.5. The molecule has 0 saturated carbocycles. The molecule has 0 N–H and O–H groups in total. The minimum Gasteiger partial charge on any atom is -0.431 e. The highest BCUT2D eigenvalue weighted by molar-refractivity contribution is 5.76. The minimum atomic E-state index is -5.10. The third-order valence-corrected chi connectivity index (χ3v) is 3.53. The second kappa shape index (κ2) is 5.75. The maximum atomic E-state index is 14.0. The van der Waals surface area contributed by atoms with E-state index in [4.69, 9.17) is 0 Å². The number of likely N-dealkylation sites (N-methyl/N-ethyl adjacent to an activating group) is 1. The molecule has 1 aromatic carbocycles. The predicted molar refractivity (Wildman–Crippen MR) is 71.8 cm³/mol. The lowest BCUT2D eigenvalue weighted by atomic mass is 10.1. The van der Waals surface area contributed by atoms with Gasteiger partial charge in [0.1, 0.15) is 5.82 Å². The second-order valence-corrected chi connectivity index (χ2v) is 5.40. The Bertz CT molecular complexity index is 564. The number of hydrogen-bond donors (Lipinski definition) is 0. The van der Waals surface area contributed by atoms with E-state index >= 15 is 0 Å². The predicted octanol–water partition coefficient (Wildman–Crippen LogP) is 2.40. The van der Waals surface area contributed by atoms with Crippen molar-refractivity contribution in [3.8, 4) is 0 Å². The first-order valence-corrected chi connectivity index (χ1v) is 6.64. The highest BCUT2D eigenvalue weighted by atomic mass is 19.4. The van der Waals surface area contributed by atoms with E-state index in [2.05, 4.69) is 4.74 Å². The zero-order valence-corrected chi connectivity index (χ0v) is 12.2. The van der Waals surface area contributed by atoms with Gasteiger partial charge in [0.15, 0.2) is 5.72 Å². The fraction of sp³-hybridized carbons (Fsp3) is 0.500. The Hall–Kier alpha value is -1.83. The molecule has 0 unspecified atom stereocenters. The van der Waals surface area contributed by atoms with Crippen LogP contribution in [0.25, 0.3) is 0 Å². The van der Waals surface area contributed by atoms with Gasteiger partial charge in [0.2, 0.25) is 0 Å². The summed E-state index contributed by atoms with van der Waals surface area (Å²) in [5.41, 5.74) is -1.50. The van der Waals surface area contributed by atoms with E-state index in [9.17, 15) is 22.4 Å². The van der Waals surface area contributed by atoms with Gasteiger partial charge in [0.25, 0.3) is 0 Å². The number of hydrogen-bond acceptors (Lipinski definition) is 4. The van der Waals surface area contributed by atoms with Crippen LogP contribution in [0.4, 0.5) is 23.2 Å². The summed E-state index contributed by atoms with van der Waals surface area (Å²) in [5.74, 6) is -2.87. The number of para-hydroxylation sites is 1. The van der Waals surface area contributed by atoms with Crippen molar-refractivity contribution in [2.45, 2.75) is 18.8 Å². The summed E-state index contributed by atoms with van der Waals surface area (Å²) >= 11 is 0. The van der Waals surface area contributed by atoms with Crippen LogP contribution in [0.1, 0.15) is 6.92 Å². The van der Waals surface area contributed by atoms with E-state index in [-0.39, 0.29) is 18.8 Å². The Balaban J connectivity index is 2.34. The Morgan fingerprint density at radius 2 is 1.91 bits per heavy atom. The van der Waals surface area contributed by atoms with Crippen molar-refractivity contribution in [3.63, 3.8) is 0 Å².